The fourth-order valence-electron chi connectivity index (χ4n) is 4.27. The molecule has 0 unspecified atom stereocenters. The summed E-state index contributed by atoms with van der Waals surface area (Å²) in [5, 5.41) is 0. The van der Waals surface area contributed by atoms with Crippen molar-refractivity contribution in [1.29, 1.82) is 0 Å². The van der Waals surface area contributed by atoms with Crippen LogP contribution in [-0.2, 0) is 0 Å². The normalized spacial score (nSPS) is 24.4. The van der Waals surface area contributed by atoms with Crippen LogP contribution in [0.15, 0.2) is 29.2 Å². The molecule has 4 heteroatoms. The minimum atomic E-state index is 0.234. The second kappa shape index (κ2) is 8.59. The molecule has 0 saturated carbocycles. The number of piperidine rings is 2. The molecule has 3 nitrogen and oxygen atoms in total. The van der Waals surface area contributed by atoms with Gasteiger partial charge in [0.1, 0.15) is 0 Å². The summed E-state index contributed by atoms with van der Waals surface area (Å²) >= 11 is 1.72. The molecular weight excluding hydrogens is 328 g/mol. The van der Waals surface area contributed by atoms with E-state index in [0.29, 0.717) is 12.0 Å². The highest BCUT2D eigenvalue weighted by Gasteiger charge is 2.38. The molecule has 2 aliphatic rings. The van der Waals surface area contributed by atoms with Crippen LogP contribution < -0.4 is 0 Å². The number of thioether (sulfide) groups is 1. The first-order valence-corrected chi connectivity index (χ1v) is 11.0. The van der Waals surface area contributed by atoms with Gasteiger partial charge < -0.3 is 9.80 Å². The maximum Gasteiger partial charge on any atom is 0.254 e. The fourth-order valence-corrected chi connectivity index (χ4v) is 4.68. The molecule has 1 aromatic rings. The average Bonchev–Trinajstić information content (AvgIpc) is 2.65. The summed E-state index contributed by atoms with van der Waals surface area (Å²) in [5.41, 5.74) is 0.848. The largest absolute Gasteiger partial charge is 0.335 e. The Morgan fingerprint density at radius 3 is 2.64 bits per heavy atom. The van der Waals surface area contributed by atoms with E-state index in [1.165, 1.54) is 30.8 Å². The van der Waals surface area contributed by atoms with Gasteiger partial charge in [-0.2, -0.15) is 0 Å². The van der Waals surface area contributed by atoms with Gasteiger partial charge in [-0.1, -0.05) is 13.8 Å². The third kappa shape index (κ3) is 4.59. The van der Waals surface area contributed by atoms with Gasteiger partial charge >= 0.3 is 0 Å². The Morgan fingerprint density at radius 1 is 1.20 bits per heavy atom. The summed E-state index contributed by atoms with van der Waals surface area (Å²) < 4.78 is 0. The number of carbonyl (C=O) groups is 1. The number of benzene rings is 1. The van der Waals surface area contributed by atoms with Crippen molar-refractivity contribution in [2.45, 2.75) is 50.5 Å². The Hall–Kier alpha value is -1.00. The first kappa shape index (κ1) is 18.8. The third-order valence-electron chi connectivity index (χ3n) is 5.77. The lowest BCUT2D eigenvalue weighted by atomic mass is 9.83. The fraction of sp³-hybridized carbons (Fsp3) is 0.667. The number of carbonyl (C=O) groups excluding carboxylic acids is 1. The second-order valence-corrected chi connectivity index (χ2v) is 8.85. The van der Waals surface area contributed by atoms with Crippen molar-refractivity contribution in [1.82, 2.24) is 9.80 Å². The Bertz CT molecular complexity index is 572. The van der Waals surface area contributed by atoms with Crippen LogP contribution in [0.2, 0.25) is 0 Å². The maximum absolute atomic E-state index is 13.1. The summed E-state index contributed by atoms with van der Waals surface area (Å²) in [5.74, 6) is 1.66. The van der Waals surface area contributed by atoms with Crippen LogP contribution in [0, 0.1) is 11.8 Å². The number of hydrogen-bond donors (Lipinski definition) is 0. The highest BCUT2D eigenvalue weighted by Crippen LogP contribution is 2.32. The molecule has 0 radical (unpaired) electrons. The number of amides is 1. The Morgan fingerprint density at radius 2 is 1.96 bits per heavy atom. The van der Waals surface area contributed by atoms with Gasteiger partial charge in [0, 0.05) is 36.1 Å². The molecule has 2 aliphatic heterocycles. The van der Waals surface area contributed by atoms with E-state index in [0.717, 1.165) is 37.4 Å². The topological polar surface area (TPSA) is 23.6 Å². The van der Waals surface area contributed by atoms with Crippen LogP contribution in [0.1, 0.15) is 49.9 Å². The van der Waals surface area contributed by atoms with Gasteiger partial charge in [-0.15, -0.1) is 11.8 Å². The van der Waals surface area contributed by atoms with E-state index in [4.69, 9.17) is 0 Å². The minimum Gasteiger partial charge on any atom is -0.335 e. The molecule has 1 aromatic carbocycles. The predicted octanol–water partition coefficient (Wildman–Crippen LogP) is 4.38. The maximum atomic E-state index is 13.1. The molecular formula is C21H32N2OS. The molecule has 2 heterocycles. The number of fused-ring (bicyclic) bond motifs is 1. The Kier molecular flexibility index (Phi) is 6.45. The van der Waals surface area contributed by atoms with Crippen LogP contribution in [0.5, 0.6) is 0 Å². The molecule has 138 valence electrons. The highest BCUT2D eigenvalue weighted by molar-refractivity contribution is 7.98. The molecule has 0 bridgehead atoms. The SMILES string of the molecule is CSc1ccc(C(=O)N2CCC[C@@H]3CN(CCC(C)C)CC[C@H]32)cc1. The molecule has 2 saturated heterocycles. The number of rotatable bonds is 5. The third-order valence-corrected chi connectivity index (χ3v) is 6.52. The summed E-state index contributed by atoms with van der Waals surface area (Å²) in [6, 6.07) is 8.56. The van der Waals surface area contributed by atoms with Gasteiger partial charge in [0.2, 0.25) is 0 Å². The van der Waals surface area contributed by atoms with Crippen molar-refractivity contribution in [2.24, 2.45) is 11.8 Å². The zero-order valence-corrected chi connectivity index (χ0v) is 16.7. The number of likely N-dealkylation sites (tertiary alicyclic amines) is 2. The highest BCUT2D eigenvalue weighted by atomic mass is 32.2. The Labute approximate surface area is 157 Å². The number of nitrogens with zero attached hydrogens (tertiary/aromatic N) is 2. The molecule has 0 aliphatic carbocycles. The van der Waals surface area contributed by atoms with E-state index in [-0.39, 0.29) is 5.91 Å². The van der Waals surface area contributed by atoms with Crippen LogP contribution in [-0.4, -0.2) is 54.2 Å². The van der Waals surface area contributed by atoms with Gasteiger partial charge in [-0.05, 0) is 74.6 Å². The molecule has 3 rings (SSSR count). The van der Waals surface area contributed by atoms with E-state index in [9.17, 15) is 4.79 Å². The molecule has 2 fully saturated rings. The standard InChI is InChI=1S/C21H32N2OS/c1-16(2)10-13-22-14-11-20-18(15-22)5-4-12-23(20)21(24)17-6-8-19(25-3)9-7-17/h6-9,16,18,20H,4-5,10-15H2,1-3H3/t18-,20-/m1/s1. The molecule has 1 amide bonds. The monoisotopic (exact) mass is 360 g/mol. The molecule has 0 spiro atoms. The van der Waals surface area contributed by atoms with E-state index >= 15 is 0 Å². The van der Waals surface area contributed by atoms with Crippen molar-refractivity contribution in [3.05, 3.63) is 29.8 Å². The Balaban J connectivity index is 1.64. The second-order valence-electron chi connectivity index (χ2n) is 7.97. The number of hydrogen-bond acceptors (Lipinski definition) is 3. The van der Waals surface area contributed by atoms with Gasteiger partial charge in [-0.25, -0.2) is 0 Å². The van der Waals surface area contributed by atoms with Gasteiger partial charge in [0.15, 0.2) is 0 Å². The predicted molar refractivity (Wildman–Crippen MR) is 106 cm³/mol. The van der Waals surface area contributed by atoms with Crippen molar-refractivity contribution in [3.63, 3.8) is 0 Å². The lowest BCUT2D eigenvalue weighted by Crippen LogP contribution is -2.55. The first-order chi connectivity index (χ1) is 12.1. The molecule has 2 atom stereocenters. The molecule has 0 aromatic heterocycles. The lowest BCUT2D eigenvalue weighted by Gasteiger charge is -2.47. The van der Waals surface area contributed by atoms with Crippen molar-refractivity contribution >= 4 is 17.7 Å². The summed E-state index contributed by atoms with van der Waals surface area (Å²) in [6.45, 7) is 9.06. The summed E-state index contributed by atoms with van der Waals surface area (Å²) in [6.07, 6.45) is 6.91. The summed E-state index contributed by atoms with van der Waals surface area (Å²) in [7, 11) is 0. The molecule has 25 heavy (non-hydrogen) atoms. The van der Waals surface area contributed by atoms with Crippen LogP contribution in [0.25, 0.3) is 0 Å². The van der Waals surface area contributed by atoms with E-state index < -0.39 is 0 Å². The van der Waals surface area contributed by atoms with E-state index in [2.05, 4.69) is 42.0 Å². The van der Waals surface area contributed by atoms with E-state index in [1.54, 1.807) is 11.8 Å². The van der Waals surface area contributed by atoms with E-state index in [1.807, 2.05) is 12.1 Å². The first-order valence-electron chi connectivity index (χ1n) is 9.76. The van der Waals surface area contributed by atoms with Crippen LogP contribution >= 0.6 is 11.8 Å². The zero-order chi connectivity index (χ0) is 17.8. The minimum absolute atomic E-state index is 0.234. The smallest absolute Gasteiger partial charge is 0.254 e. The lowest BCUT2D eigenvalue weighted by molar-refractivity contribution is 0.0194. The van der Waals surface area contributed by atoms with Crippen molar-refractivity contribution in [2.75, 3.05) is 32.4 Å². The van der Waals surface area contributed by atoms with Crippen molar-refractivity contribution < 1.29 is 4.79 Å². The van der Waals surface area contributed by atoms with Gasteiger partial charge in [-0.3, -0.25) is 4.79 Å². The van der Waals surface area contributed by atoms with Gasteiger partial charge in [0.05, 0.1) is 0 Å². The zero-order valence-electron chi connectivity index (χ0n) is 15.9. The van der Waals surface area contributed by atoms with Crippen LogP contribution in [0.4, 0.5) is 0 Å². The van der Waals surface area contributed by atoms with Crippen molar-refractivity contribution in [3.8, 4) is 0 Å². The average molecular weight is 361 g/mol. The quantitative estimate of drug-likeness (QED) is 0.728. The molecule has 0 N–H and O–H groups in total. The van der Waals surface area contributed by atoms with Crippen LogP contribution in [0.3, 0.4) is 0 Å². The van der Waals surface area contributed by atoms with Gasteiger partial charge in [0.25, 0.3) is 5.91 Å². The summed E-state index contributed by atoms with van der Waals surface area (Å²) in [4.78, 5) is 19.1.